The third-order valence-corrected chi connectivity index (χ3v) is 4.85. The van der Waals surface area contributed by atoms with Gasteiger partial charge in [0, 0.05) is 31.8 Å². The molecule has 1 rings (SSSR count). The summed E-state index contributed by atoms with van der Waals surface area (Å²) in [5.41, 5.74) is 0.620. The van der Waals surface area contributed by atoms with Gasteiger partial charge in [-0.2, -0.15) is 0 Å². The number of benzene rings is 1. The standard InChI is InChI=1S/C8H7ClINO2S2/c1-13-8(12)11-5-2-3-7(14-15-10)6(9)4-5/h2-4H,1H3,(H,11,12). The predicted octanol–water partition coefficient (Wildman–Crippen LogP) is 4.61. The first-order chi connectivity index (χ1) is 7.17. The summed E-state index contributed by atoms with van der Waals surface area (Å²) in [6, 6.07) is 5.32. The topological polar surface area (TPSA) is 38.3 Å². The average Bonchev–Trinajstić information content (AvgIpc) is 2.22. The maximum absolute atomic E-state index is 10.9. The van der Waals surface area contributed by atoms with Gasteiger partial charge in [-0.3, -0.25) is 5.32 Å². The summed E-state index contributed by atoms with van der Waals surface area (Å²) in [5, 5.41) is 3.15. The normalized spacial score (nSPS) is 9.80. The molecule has 1 N–H and O–H groups in total. The molecule has 1 aromatic carbocycles. The van der Waals surface area contributed by atoms with Gasteiger partial charge in [0.25, 0.3) is 0 Å². The molecule has 3 nitrogen and oxygen atoms in total. The highest BCUT2D eigenvalue weighted by Gasteiger charge is 2.05. The van der Waals surface area contributed by atoms with Crippen molar-refractivity contribution in [2.24, 2.45) is 0 Å². The summed E-state index contributed by atoms with van der Waals surface area (Å²) in [7, 11) is 4.46. The molecule has 0 saturated heterocycles. The zero-order valence-corrected chi connectivity index (χ0v) is 12.2. The van der Waals surface area contributed by atoms with Crippen molar-refractivity contribution in [1.82, 2.24) is 0 Å². The van der Waals surface area contributed by atoms with Crippen LogP contribution in [0.5, 0.6) is 0 Å². The van der Waals surface area contributed by atoms with E-state index in [1.807, 2.05) is 6.07 Å². The summed E-state index contributed by atoms with van der Waals surface area (Å²) in [5.74, 6) is 0. The molecule has 0 spiro atoms. The molecule has 0 aromatic heterocycles. The Morgan fingerprint density at radius 3 is 2.87 bits per heavy atom. The van der Waals surface area contributed by atoms with E-state index in [1.165, 1.54) is 7.11 Å². The van der Waals surface area contributed by atoms with Crippen molar-refractivity contribution in [2.45, 2.75) is 4.90 Å². The van der Waals surface area contributed by atoms with E-state index in [9.17, 15) is 4.79 Å². The maximum Gasteiger partial charge on any atom is 0.411 e. The second-order valence-corrected chi connectivity index (χ2v) is 7.66. The molecule has 15 heavy (non-hydrogen) atoms. The van der Waals surface area contributed by atoms with E-state index in [0.717, 1.165) is 4.90 Å². The van der Waals surface area contributed by atoms with Crippen molar-refractivity contribution in [3.63, 3.8) is 0 Å². The Hall–Kier alpha value is 0.210. The molecule has 0 aliphatic rings. The molecule has 82 valence electrons. The summed E-state index contributed by atoms with van der Waals surface area (Å²) in [6.45, 7) is 0. The van der Waals surface area contributed by atoms with Gasteiger partial charge in [-0.1, -0.05) is 11.6 Å². The quantitative estimate of drug-likeness (QED) is 0.618. The van der Waals surface area contributed by atoms with Gasteiger partial charge >= 0.3 is 6.09 Å². The first-order valence-electron chi connectivity index (χ1n) is 3.77. The van der Waals surface area contributed by atoms with Crippen LogP contribution in [0.25, 0.3) is 0 Å². The molecule has 1 aromatic rings. The summed E-state index contributed by atoms with van der Waals surface area (Å²) in [4.78, 5) is 11.9. The minimum atomic E-state index is -0.505. The van der Waals surface area contributed by atoms with Gasteiger partial charge < -0.3 is 4.74 Å². The van der Waals surface area contributed by atoms with Crippen LogP contribution in [-0.2, 0) is 4.74 Å². The number of carbonyl (C=O) groups excluding carboxylic acids is 1. The third kappa shape index (κ3) is 4.29. The molecule has 7 heteroatoms. The molecule has 0 heterocycles. The SMILES string of the molecule is COC(=O)Nc1ccc(SSI)c(Cl)c1. The number of hydrogen-bond acceptors (Lipinski definition) is 4. The monoisotopic (exact) mass is 375 g/mol. The van der Waals surface area contributed by atoms with Crippen molar-refractivity contribution < 1.29 is 9.53 Å². The second-order valence-electron chi connectivity index (χ2n) is 2.41. The molecular weight excluding hydrogens is 369 g/mol. The molecule has 0 fully saturated rings. The van der Waals surface area contributed by atoms with Gasteiger partial charge in [0.1, 0.15) is 0 Å². The zero-order chi connectivity index (χ0) is 11.3. The number of ether oxygens (including phenoxy) is 1. The van der Waals surface area contributed by atoms with Crippen molar-refractivity contribution in [3.05, 3.63) is 23.2 Å². The fourth-order valence-electron chi connectivity index (χ4n) is 0.849. The smallest absolute Gasteiger partial charge is 0.411 e. The Bertz CT molecular complexity index is 364. The van der Waals surface area contributed by atoms with E-state index in [2.05, 4.69) is 31.3 Å². The Morgan fingerprint density at radius 1 is 1.60 bits per heavy atom. The van der Waals surface area contributed by atoms with Crippen LogP contribution in [0.15, 0.2) is 23.1 Å². The number of nitrogens with one attached hydrogen (secondary N) is 1. The van der Waals surface area contributed by atoms with Gasteiger partial charge in [-0.25, -0.2) is 4.79 Å². The predicted molar refractivity (Wildman–Crippen MR) is 74.9 cm³/mol. The second kappa shape index (κ2) is 6.72. The van der Waals surface area contributed by atoms with Crippen LogP contribution in [0.4, 0.5) is 10.5 Å². The van der Waals surface area contributed by atoms with E-state index in [0.29, 0.717) is 10.7 Å². The van der Waals surface area contributed by atoms with Crippen LogP contribution in [-0.4, -0.2) is 13.2 Å². The highest BCUT2D eigenvalue weighted by molar-refractivity contribution is 14.2. The first kappa shape index (κ1) is 13.3. The zero-order valence-electron chi connectivity index (χ0n) is 7.62. The number of methoxy groups -OCH3 is 1. The molecule has 0 atom stereocenters. The minimum absolute atomic E-state index is 0.505. The highest BCUT2D eigenvalue weighted by atomic mass is 127. The molecule has 0 aliphatic heterocycles. The molecule has 0 saturated carbocycles. The Kier molecular flexibility index (Phi) is 5.95. The number of anilines is 1. The fourth-order valence-corrected chi connectivity index (χ4v) is 4.00. The molecule has 1 amide bonds. The highest BCUT2D eigenvalue weighted by Crippen LogP contribution is 2.40. The number of halogens is 2. The lowest BCUT2D eigenvalue weighted by Gasteiger charge is -2.06. The summed E-state index contributed by atoms with van der Waals surface area (Å²) in [6.07, 6.45) is -0.505. The number of hydrogen-bond donors (Lipinski definition) is 1. The maximum atomic E-state index is 10.9. The lowest BCUT2D eigenvalue weighted by atomic mass is 10.3. The lowest BCUT2D eigenvalue weighted by Crippen LogP contribution is -2.10. The number of carbonyl (C=O) groups is 1. The summed E-state index contributed by atoms with van der Waals surface area (Å²) >= 11 is 8.18. The van der Waals surface area contributed by atoms with Crippen LogP contribution >= 0.6 is 51.6 Å². The van der Waals surface area contributed by atoms with Crippen molar-refractivity contribution >= 4 is 63.3 Å². The van der Waals surface area contributed by atoms with Crippen molar-refractivity contribution in [1.29, 1.82) is 0 Å². The van der Waals surface area contributed by atoms with E-state index in [1.54, 1.807) is 30.9 Å². The average molecular weight is 376 g/mol. The van der Waals surface area contributed by atoms with Crippen molar-refractivity contribution in [2.75, 3.05) is 12.4 Å². The minimum Gasteiger partial charge on any atom is -0.453 e. The Morgan fingerprint density at radius 2 is 2.33 bits per heavy atom. The van der Waals surface area contributed by atoms with Gasteiger partial charge in [-0.15, -0.1) is 0 Å². The lowest BCUT2D eigenvalue weighted by molar-refractivity contribution is 0.187. The number of amides is 1. The third-order valence-electron chi connectivity index (χ3n) is 1.48. The van der Waals surface area contributed by atoms with E-state index in [4.69, 9.17) is 11.6 Å². The van der Waals surface area contributed by atoms with E-state index in [-0.39, 0.29) is 0 Å². The van der Waals surface area contributed by atoms with Gasteiger partial charge in [0.15, 0.2) is 0 Å². The molecular formula is C8H7ClINO2S2. The van der Waals surface area contributed by atoms with Gasteiger partial charge in [0.05, 0.1) is 12.1 Å². The fraction of sp³-hybridized carbons (Fsp3) is 0.125. The van der Waals surface area contributed by atoms with Crippen LogP contribution < -0.4 is 5.32 Å². The van der Waals surface area contributed by atoms with Crippen LogP contribution in [0, 0.1) is 0 Å². The van der Waals surface area contributed by atoms with E-state index >= 15 is 0 Å². The largest absolute Gasteiger partial charge is 0.453 e. The Balaban J connectivity index is 2.77. The first-order valence-corrected chi connectivity index (χ1v) is 8.84. The van der Waals surface area contributed by atoms with Crippen LogP contribution in [0.1, 0.15) is 0 Å². The van der Waals surface area contributed by atoms with Crippen LogP contribution in [0.2, 0.25) is 5.02 Å². The summed E-state index contributed by atoms with van der Waals surface area (Å²) < 4.78 is 4.47. The molecule has 0 aliphatic carbocycles. The van der Waals surface area contributed by atoms with Crippen LogP contribution in [0.3, 0.4) is 0 Å². The molecule has 0 unspecified atom stereocenters. The van der Waals surface area contributed by atoms with Gasteiger partial charge in [0.2, 0.25) is 0 Å². The Labute approximate surface area is 113 Å². The van der Waals surface area contributed by atoms with E-state index < -0.39 is 6.09 Å². The van der Waals surface area contributed by atoms with Gasteiger partial charge in [-0.05, 0) is 37.0 Å². The molecule has 0 bridgehead atoms. The molecule has 0 radical (unpaired) electrons. The number of rotatable bonds is 3. The van der Waals surface area contributed by atoms with Crippen molar-refractivity contribution in [3.8, 4) is 0 Å².